The minimum atomic E-state index is -0.0458. The van der Waals surface area contributed by atoms with Crippen LogP contribution in [0, 0.1) is 5.41 Å². The highest BCUT2D eigenvalue weighted by Crippen LogP contribution is 2.36. The van der Waals surface area contributed by atoms with Gasteiger partial charge in [-0.3, -0.25) is 4.79 Å². The molecule has 5 heteroatoms. The summed E-state index contributed by atoms with van der Waals surface area (Å²) in [7, 11) is 0. The lowest BCUT2D eigenvalue weighted by Crippen LogP contribution is -2.34. The van der Waals surface area contributed by atoms with Gasteiger partial charge in [-0.15, -0.1) is 0 Å². The predicted octanol–water partition coefficient (Wildman–Crippen LogP) is 3.98. The summed E-state index contributed by atoms with van der Waals surface area (Å²) >= 11 is 3.39. The van der Waals surface area contributed by atoms with Gasteiger partial charge in [0.25, 0.3) is 5.91 Å². The maximum Gasteiger partial charge on any atom is 0.255 e. The van der Waals surface area contributed by atoms with E-state index in [0.717, 1.165) is 24.0 Å². The number of aromatic nitrogens is 1. The molecule has 0 radical (unpaired) electrons. The van der Waals surface area contributed by atoms with Gasteiger partial charge in [-0.1, -0.05) is 26.7 Å². The van der Waals surface area contributed by atoms with Gasteiger partial charge in [0.05, 0.1) is 5.56 Å². The highest BCUT2D eigenvalue weighted by molar-refractivity contribution is 9.10. The lowest BCUT2D eigenvalue weighted by Gasteiger charge is -2.24. The van der Waals surface area contributed by atoms with Crippen LogP contribution in [0.1, 0.15) is 56.3 Å². The molecule has 2 rings (SSSR count). The summed E-state index contributed by atoms with van der Waals surface area (Å²) in [6.07, 6.45) is 7.65. The Hall–Kier alpha value is -1.10. The first kappa shape index (κ1) is 16.3. The van der Waals surface area contributed by atoms with Gasteiger partial charge < -0.3 is 10.6 Å². The first-order valence-electron chi connectivity index (χ1n) is 7.72. The van der Waals surface area contributed by atoms with E-state index in [-0.39, 0.29) is 11.3 Å². The fourth-order valence-electron chi connectivity index (χ4n) is 2.79. The first-order valence-corrected chi connectivity index (χ1v) is 8.51. The van der Waals surface area contributed by atoms with Gasteiger partial charge in [0, 0.05) is 23.8 Å². The average Bonchev–Trinajstić information content (AvgIpc) is 2.91. The van der Waals surface area contributed by atoms with Gasteiger partial charge in [0.15, 0.2) is 0 Å². The van der Waals surface area contributed by atoms with E-state index in [4.69, 9.17) is 0 Å². The van der Waals surface area contributed by atoms with Crippen molar-refractivity contribution in [1.29, 1.82) is 0 Å². The molecular weight excluding hydrogens is 330 g/mol. The van der Waals surface area contributed by atoms with E-state index in [1.807, 2.05) is 6.07 Å². The Kier molecular flexibility index (Phi) is 5.62. The molecule has 1 saturated carbocycles. The highest BCUT2D eigenvalue weighted by atomic mass is 79.9. The third kappa shape index (κ3) is 4.43. The van der Waals surface area contributed by atoms with Crippen molar-refractivity contribution in [1.82, 2.24) is 10.3 Å². The maximum atomic E-state index is 12.5. The number of rotatable bonds is 6. The zero-order valence-corrected chi connectivity index (χ0v) is 14.4. The van der Waals surface area contributed by atoms with Gasteiger partial charge >= 0.3 is 0 Å². The standard InChI is InChI=1S/C16H24BrN3O/c1-3-8-18-14-13(9-12(17)10-19-14)15(21)20-11-16(2)6-4-5-7-16/h9-10H,3-8,11H2,1-2H3,(H,18,19)(H,20,21). The molecule has 0 bridgehead atoms. The van der Waals surface area contributed by atoms with E-state index in [1.54, 1.807) is 6.20 Å². The molecule has 0 aromatic carbocycles. The summed E-state index contributed by atoms with van der Waals surface area (Å²) < 4.78 is 0.821. The van der Waals surface area contributed by atoms with Gasteiger partial charge in [-0.05, 0) is 46.7 Å². The Morgan fingerprint density at radius 3 is 2.81 bits per heavy atom. The molecule has 0 spiro atoms. The molecule has 21 heavy (non-hydrogen) atoms. The van der Waals surface area contributed by atoms with Crippen molar-refractivity contribution in [2.75, 3.05) is 18.4 Å². The Morgan fingerprint density at radius 2 is 2.14 bits per heavy atom. The Morgan fingerprint density at radius 1 is 1.43 bits per heavy atom. The molecule has 1 aromatic rings. The summed E-state index contributed by atoms with van der Waals surface area (Å²) in [4.78, 5) is 16.8. The minimum Gasteiger partial charge on any atom is -0.369 e. The van der Waals surface area contributed by atoms with Crippen LogP contribution in [0.25, 0.3) is 0 Å². The molecule has 0 aliphatic heterocycles. The monoisotopic (exact) mass is 353 g/mol. The van der Waals surface area contributed by atoms with Crippen LogP contribution in [-0.2, 0) is 0 Å². The number of anilines is 1. The van der Waals surface area contributed by atoms with Crippen molar-refractivity contribution in [3.63, 3.8) is 0 Å². The zero-order chi connectivity index (χ0) is 15.3. The molecule has 0 unspecified atom stereocenters. The number of pyridine rings is 1. The van der Waals surface area contributed by atoms with Crippen molar-refractivity contribution in [2.45, 2.75) is 46.0 Å². The van der Waals surface area contributed by atoms with Crippen LogP contribution < -0.4 is 10.6 Å². The number of carbonyl (C=O) groups is 1. The molecule has 1 aromatic heterocycles. The molecule has 2 N–H and O–H groups in total. The third-order valence-electron chi connectivity index (χ3n) is 4.13. The molecule has 1 fully saturated rings. The molecule has 116 valence electrons. The van der Waals surface area contributed by atoms with E-state index < -0.39 is 0 Å². The zero-order valence-electron chi connectivity index (χ0n) is 12.8. The van der Waals surface area contributed by atoms with Crippen LogP contribution in [0.15, 0.2) is 16.7 Å². The molecule has 1 amide bonds. The van der Waals surface area contributed by atoms with E-state index >= 15 is 0 Å². The van der Waals surface area contributed by atoms with Gasteiger partial charge in [-0.2, -0.15) is 0 Å². The molecule has 1 aliphatic carbocycles. The summed E-state index contributed by atoms with van der Waals surface area (Å²) in [6.45, 7) is 5.90. The Labute approximate surface area is 135 Å². The van der Waals surface area contributed by atoms with Crippen LogP contribution >= 0.6 is 15.9 Å². The summed E-state index contributed by atoms with van der Waals surface area (Å²) in [6, 6.07) is 1.83. The Bertz CT molecular complexity index is 498. The third-order valence-corrected chi connectivity index (χ3v) is 4.56. The lowest BCUT2D eigenvalue weighted by molar-refractivity contribution is 0.0934. The smallest absolute Gasteiger partial charge is 0.255 e. The van der Waals surface area contributed by atoms with E-state index in [2.05, 4.69) is 45.4 Å². The maximum absolute atomic E-state index is 12.5. The van der Waals surface area contributed by atoms with E-state index in [1.165, 1.54) is 25.7 Å². The highest BCUT2D eigenvalue weighted by Gasteiger charge is 2.29. The first-order chi connectivity index (χ1) is 10.0. The van der Waals surface area contributed by atoms with Crippen molar-refractivity contribution in [2.24, 2.45) is 5.41 Å². The second kappa shape index (κ2) is 7.25. The van der Waals surface area contributed by atoms with Crippen LogP contribution in [-0.4, -0.2) is 24.0 Å². The van der Waals surface area contributed by atoms with E-state index in [9.17, 15) is 4.79 Å². The summed E-state index contributed by atoms with van der Waals surface area (Å²) in [5.41, 5.74) is 0.867. The SMILES string of the molecule is CCCNc1ncc(Br)cc1C(=O)NCC1(C)CCCC1. The second-order valence-electron chi connectivity index (χ2n) is 6.18. The van der Waals surface area contributed by atoms with E-state index in [0.29, 0.717) is 11.4 Å². The summed E-state index contributed by atoms with van der Waals surface area (Å²) in [5, 5.41) is 6.30. The number of nitrogens with one attached hydrogen (secondary N) is 2. The number of nitrogens with zero attached hydrogens (tertiary/aromatic N) is 1. The predicted molar refractivity (Wildman–Crippen MR) is 89.6 cm³/mol. The average molecular weight is 354 g/mol. The summed E-state index contributed by atoms with van der Waals surface area (Å²) in [5.74, 6) is 0.615. The Balaban J connectivity index is 2.04. The van der Waals surface area contributed by atoms with Crippen molar-refractivity contribution in [3.05, 3.63) is 22.3 Å². The minimum absolute atomic E-state index is 0.0458. The van der Waals surface area contributed by atoms with Crippen LogP contribution in [0.4, 0.5) is 5.82 Å². The van der Waals surface area contributed by atoms with Crippen LogP contribution in [0.2, 0.25) is 0 Å². The quantitative estimate of drug-likeness (QED) is 0.813. The second-order valence-corrected chi connectivity index (χ2v) is 7.09. The molecule has 4 nitrogen and oxygen atoms in total. The van der Waals surface area contributed by atoms with Crippen LogP contribution in [0.5, 0.6) is 0 Å². The topological polar surface area (TPSA) is 54.0 Å². The number of hydrogen-bond donors (Lipinski definition) is 2. The van der Waals surface area contributed by atoms with Crippen molar-refractivity contribution < 1.29 is 4.79 Å². The molecule has 1 aliphatic rings. The molecule has 0 atom stereocenters. The molecular formula is C16H24BrN3O. The number of hydrogen-bond acceptors (Lipinski definition) is 3. The number of carbonyl (C=O) groups excluding carboxylic acids is 1. The van der Waals surface area contributed by atoms with Gasteiger partial charge in [0.2, 0.25) is 0 Å². The van der Waals surface area contributed by atoms with Gasteiger partial charge in [-0.25, -0.2) is 4.98 Å². The van der Waals surface area contributed by atoms with Crippen LogP contribution in [0.3, 0.4) is 0 Å². The fraction of sp³-hybridized carbons (Fsp3) is 0.625. The van der Waals surface area contributed by atoms with Crippen molar-refractivity contribution in [3.8, 4) is 0 Å². The normalized spacial score (nSPS) is 16.7. The fourth-order valence-corrected chi connectivity index (χ4v) is 3.12. The largest absolute Gasteiger partial charge is 0.369 e. The van der Waals surface area contributed by atoms with Gasteiger partial charge in [0.1, 0.15) is 5.82 Å². The lowest BCUT2D eigenvalue weighted by atomic mass is 9.89. The molecule has 1 heterocycles. The number of halogens is 1. The molecule has 0 saturated heterocycles. The number of amides is 1. The van der Waals surface area contributed by atoms with Crippen molar-refractivity contribution >= 4 is 27.7 Å².